The van der Waals surface area contributed by atoms with E-state index in [2.05, 4.69) is 11.9 Å². The lowest BCUT2D eigenvalue weighted by Gasteiger charge is -2.39. The molecule has 1 aliphatic carbocycles. The molecule has 2 rings (SSSR count). The summed E-state index contributed by atoms with van der Waals surface area (Å²) in [7, 11) is 2.22. The Morgan fingerprint density at radius 2 is 1.93 bits per heavy atom. The number of likely N-dealkylation sites (N-methyl/N-ethyl adjacent to an activating group) is 1. The van der Waals surface area contributed by atoms with E-state index in [1.807, 2.05) is 0 Å². The number of ether oxygens (including phenoxy) is 1. The van der Waals surface area contributed by atoms with Crippen LogP contribution >= 0.6 is 0 Å². The number of nitrogens with two attached hydrogens (primary N) is 1. The monoisotopic (exact) mass is 198 g/mol. The molecule has 3 heteroatoms. The molecule has 1 heterocycles. The van der Waals surface area contributed by atoms with Gasteiger partial charge in [-0.25, -0.2) is 0 Å². The first-order chi connectivity index (χ1) is 6.79. The van der Waals surface area contributed by atoms with Crippen LogP contribution in [-0.2, 0) is 4.74 Å². The van der Waals surface area contributed by atoms with E-state index < -0.39 is 0 Å². The van der Waals surface area contributed by atoms with Crippen molar-refractivity contribution in [2.75, 3.05) is 20.3 Å². The van der Waals surface area contributed by atoms with Crippen LogP contribution < -0.4 is 5.73 Å². The van der Waals surface area contributed by atoms with Crippen LogP contribution in [0.2, 0.25) is 0 Å². The Morgan fingerprint density at radius 1 is 1.21 bits per heavy atom. The summed E-state index contributed by atoms with van der Waals surface area (Å²) in [5.41, 5.74) is 6.13. The molecule has 2 atom stereocenters. The Morgan fingerprint density at radius 3 is 2.57 bits per heavy atom. The van der Waals surface area contributed by atoms with Crippen LogP contribution in [0.1, 0.15) is 32.1 Å². The van der Waals surface area contributed by atoms with Crippen molar-refractivity contribution >= 4 is 0 Å². The maximum Gasteiger partial charge on any atom is 0.0636 e. The molecule has 2 aliphatic rings. The third kappa shape index (κ3) is 2.10. The second kappa shape index (κ2) is 4.60. The van der Waals surface area contributed by atoms with E-state index in [1.54, 1.807) is 0 Å². The minimum absolute atomic E-state index is 0.314. The SMILES string of the molecule is CN(C1CCCC1)C1COCCC1N. The Labute approximate surface area is 86.6 Å². The van der Waals surface area contributed by atoms with Gasteiger partial charge in [-0.3, -0.25) is 4.90 Å². The molecular weight excluding hydrogens is 176 g/mol. The standard InChI is InChI=1S/C11H22N2O/c1-13(9-4-2-3-5-9)11-8-14-7-6-10(11)12/h9-11H,2-8,12H2,1H3. The molecule has 0 spiro atoms. The van der Waals surface area contributed by atoms with Crippen molar-refractivity contribution in [1.82, 2.24) is 4.90 Å². The number of hydrogen-bond donors (Lipinski definition) is 1. The third-order valence-electron chi connectivity index (χ3n) is 3.80. The minimum atomic E-state index is 0.314. The molecule has 1 saturated heterocycles. The quantitative estimate of drug-likeness (QED) is 0.719. The van der Waals surface area contributed by atoms with Gasteiger partial charge in [0.2, 0.25) is 0 Å². The van der Waals surface area contributed by atoms with Gasteiger partial charge >= 0.3 is 0 Å². The Kier molecular flexibility index (Phi) is 3.42. The van der Waals surface area contributed by atoms with Crippen LogP contribution in [0.25, 0.3) is 0 Å². The van der Waals surface area contributed by atoms with Gasteiger partial charge in [-0.1, -0.05) is 12.8 Å². The number of rotatable bonds is 2. The highest BCUT2D eigenvalue weighted by molar-refractivity contribution is 4.88. The normalized spacial score (nSPS) is 35.4. The van der Waals surface area contributed by atoms with Crippen molar-refractivity contribution in [3.63, 3.8) is 0 Å². The highest BCUT2D eigenvalue weighted by Gasteiger charge is 2.31. The molecule has 0 radical (unpaired) electrons. The second-order valence-corrected chi connectivity index (χ2v) is 4.70. The van der Waals surface area contributed by atoms with Gasteiger partial charge in [0.05, 0.1) is 6.61 Å². The van der Waals surface area contributed by atoms with E-state index in [0.29, 0.717) is 12.1 Å². The molecule has 1 aliphatic heterocycles. The first-order valence-corrected chi connectivity index (χ1v) is 5.84. The lowest BCUT2D eigenvalue weighted by Crippen LogP contribution is -2.54. The summed E-state index contributed by atoms with van der Waals surface area (Å²) in [6.45, 7) is 1.67. The van der Waals surface area contributed by atoms with Gasteiger partial charge in [-0.2, -0.15) is 0 Å². The molecule has 2 unspecified atom stereocenters. The van der Waals surface area contributed by atoms with Gasteiger partial charge in [0, 0.05) is 24.7 Å². The summed E-state index contributed by atoms with van der Waals surface area (Å²) in [6, 6.07) is 1.52. The van der Waals surface area contributed by atoms with Crippen molar-refractivity contribution < 1.29 is 4.74 Å². The highest BCUT2D eigenvalue weighted by Crippen LogP contribution is 2.25. The molecule has 2 fully saturated rings. The summed E-state index contributed by atoms with van der Waals surface area (Å²) in [5.74, 6) is 0. The molecule has 0 aromatic carbocycles. The van der Waals surface area contributed by atoms with Crippen molar-refractivity contribution in [3.05, 3.63) is 0 Å². The average Bonchev–Trinajstić information content (AvgIpc) is 2.70. The Balaban J connectivity index is 1.91. The summed E-state index contributed by atoms with van der Waals surface area (Å²) >= 11 is 0. The Bertz CT molecular complexity index is 180. The maximum absolute atomic E-state index is 6.13. The molecule has 82 valence electrons. The summed E-state index contributed by atoms with van der Waals surface area (Å²) in [5, 5.41) is 0. The molecule has 14 heavy (non-hydrogen) atoms. The number of nitrogens with zero attached hydrogens (tertiary/aromatic N) is 1. The van der Waals surface area contributed by atoms with Gasteiger partial charge in [-0.05, 0) is 26.3 Å². The van der Waals surface area contributed by atoms with E-state index in [4.69, 9.17) is 10.5 Å². The van der Waals surface area contributed by atoms with Crippen LogP contribution in [0, 0.1) is 0 Å². The van der Waals surface area contributed by atoms with E-state index >= 15 is 0 Å². The summed E-state index contributed by atoms with van der Waals surface area (Å²) in [4.78, 5) is 2.47. The zero-order valence-electron chi connectivity index (χ0n) is 9.11. The van der Waals surface area contributed by atoms with Crippen LogP contribution in [0.5, 0.6) is 0 Å². The van der Waals surface area contributed by atoms with Crippen LogP contribution in [0.4, 0.5) is 0 Å². The number of hydrogen-bond acceptors (Lipinski definition) is 3. The van der Waals surface area contributed by atoms with Crippen molar-refractivity contribution in [3.8, 4) is 0 Å². The average molecular weight is 198 g/mol. The first kappa shape index (κ1) is 10.4. The van der Waals surface area contributed by atoms with E-state index in [0.717, 1.165) is 25.7 Å². The fourth-order valence-corrected chi connectivity index (χ4v) is 2.74. The van der Waals surface area contributed by atoms with Crippen LogP contribution in [0.3, 0.4) is 0 Å². The minimum Gasteiger partial charge on any atom is -0.380 e. The zero-order valence-corrected chi connectivity index (χ0v) is 9.11. The van der Waals surface area contributed by atoms with Crippen molar-refractivity contribution in [1.29, 1.82) is 0 Å². The molecule has 0 bridgehead atoms. The fraction of sp³-hybridized carbons (Fsp3) is 1.00. The molecule has 0 aromatic heterocycles. The van der Waals surface area contributed by atoms with E-state index in [1.165, 1.54) is 25.7 Å². The topological polar surface area (TPSA) is 38.5 Å². The molecular formula is C11H22N2O. The van der Waals surface area contributed by atoms with Crippen LogP contribution in [0.15, 0.2) is 0 Å². The molecule has 3 nitrogen and oxygen atoms in total. The zero-order chi connectivity index (χ0) is 9.97. The summed E-state index contributed by atoms with van der Waals surface area (Å²) in [6.07, 6.45) is 6.48. The highest BCUT2D eigenvalue weighted by atomic mass is 16.5. The van der Waals surface area contributed by atoms with Gasteiger partial charge in [0.25, 0.3) is 0 Å². The predicted octanol–water partition coefficient (Wildman–Crippen LogP) is 0.977. The largest absolute Gasteiger partial charge is 0.380 e. The third-order valence-corrected chi connectivity index (χ3v) is 3.80. The van der Waals surface area contributed by atoms with E-state index in [9.17, 15) is 0 Å². The van der Waals surface area contributed by atoms with Crippen LogP contribution in [-0.4, -0.2) is 43.3 Å². The molecule has 0 aromatic rings. The van der Waals surface area contributed by atoms with Gasteiger partial charge in [0.15, 0.2) is 0 Å². The first-order valence-electron chi connectivity index (χ1n) is 5.84. The Hall–Kier alpha value is -0.120. The lowest BCUT2D eigenvalue weighted by atomic mass is 10.0. The maximum atomic E-state index is 6.13. The smallest absolute Gasteiger partial charge is 0.0636 e. The van der Waals surface area contributed by atoms with Crippen molar-refractivity contribution in [2.24, 2.45) is 5.73 Å². The van der Waals surface area contributed by atoms with Gasteiger partial charge < -0.3 is 10.5 Å². The fourth-order valence-electron chi connectivity index (χ4n) is 2.74. The molecule has 0 amide bonds. The van der Waals surface area contributed by atoms with Gasteiger partial charge in [-0.15, -0.1) is 0 Å². The van der Waals surface area contributed by atoms with E-state index in [-0.39, 0.29) is 0 Å². The van der Waals surface area contributed by atoms with Gasteiger partial charge in [0.1, 0.15) is 0 Å². The molecule has 1 saturated carbocycles. The molecule has 2 N–H and O–H groups in total. The predicted molar refractivity (Wildman–Crippen MR) is 57.2 cm³/mol. The lowest BCUT2D eigenvalue weighted by molar-refractivity contribution is 0.00122. The summed E-state index contributed by atoms with van der Waals surface area (Å²) < 4.78 is 5.51. The second-order valence-electron chi connectivity index (χ2n) is 4.70. The van der Waals surface area contributed by atoms with Crippen molar-refractivity contribution in [2.45, 2.75) is 50.2 Å².